The Kier molecular flexibility index (Phi) is 3.19. The van der Waals surface area contributed by atoms with Crippen molar-refractivity contribution < 1.29 is 5.11 Å². The van der Waals surface area contributed by atoms with E-state index in [2.05, 4.69) is 17.9 Å². The van der Waals surface area contributed by atoms with Gasteiger partial charge in [-0.2, -0.15) is 0 Å². The number of aliphatic hydroxyl groups excluding tert-OH is 1. The second-order valence-corrected chi connectivity index (χ2v) is 2.98. The van der Waals surface area contributed by atoms with Crippen LogP contribution in [-0.4, -0.2) is 11.2 Å². The number of rotatable bonds is 1. The van der Waals surface area contributed by atoms with Gasteiger partial charge >= 0.3 is 0 Å². The topological polar surface area (TPSA) is 20.2 Å². The van der Waals surface area contributed by atoms with E-state index < -0.39 is 0 Å². The van der Waals surface area contributed by atoms with Gasteiger partial charge in [-0.15, -0.1) is 0 Å². The average Bonchev–Trinajstić information content (AvgIpc) is 2.39. The van der Waals surface area contributed by atoms with Gasteiger partial charge in [-0.1, -0.05) is 17.9 Å². The van der Waals surface area contributed by atoms with Crippen molar-refractivity contribution in [1.29, 1.82) is 0 Å². The van der Waals surface area contributed by atoms with Crippen molar-refractivity contribution in [2.24, 2.45) is 0 Å². The molecule has 0 spiro atoms. The summed E-state index contributed by atoms with van der Waals surface area (Å²) in [6.45, 7) is 1.76. The Morgan fingerprint density at radius 3 is 3.09 bits per heavy atom. The molecule has 0 heterocycles. The van der Waals surface area contributed by atoms with Gasteiger partial charge in [0, 0.05) is 6.42 Å². The minimum Gasteiger partial charge on any atom is -0.392 e. The molecule has 0 radical (unpaired) electrons. The van der Waals surface area contributed by atoms with Crippen molar-refractivity contribution in [3.8, 4) is 11.8 Å². The predicted molar refractivity (Wildman–Crippen MR) is 46.0 cm³/mol. The lowest BCUT2D eigenvalue weighted by Crippen LogP contribution is -1.95. The number of hydrogen-bond acceptors (Lipinski definition) is 1. The van der Waals surface area contributed by atoms with Gasteiger partial charge in [0.05, 0.1) is 6.10 Å². The summed E-state index contributed by atoms with van der Waals surface area (Å²) in [5, 5.41) is 8.90. The Balaban J connectivity index is 2.31. The highest BCUT2D eigenvalue weighted by atomic mass is 16.3. The van der Waals surface area contributed by atoms with Crippen molar-refractivity contribution in [3.63, 3.8) is 0 Å². The van der Waals surface area contributed by atoms with Crippen LogP contribution in [-0.2, 0) is 0 Å². The largest absolute Gasteiger partial charge is 0.392 e. The third-order valence-corrected chi connectivity index (χ3v) is 1.69. The summed E-state index contributed by atoms with van der Waals surface area (Å²) in [6.07, 6.45) is 6.06. The molecule has 0 fully saturated rings. The van der Waals surface area contributed by atoms with Crippen LogP contribution < -0.4 is 0 Å². The molecular weight excluding hydrogens is 136 g/mol. The molecule has 0 aliphatic heterocycles. The molecule has 0 aromatic heterocycles. The van der Waals surface area contributed by atoms with Gasteiger partial charge in [-0.05, 0) is 31.8 Å². The molecule has 1 unspecified atom stereocenters. The highest BCUT2D eigenvalue weighted by Crippen LogP contribution is 2.15. The summed E-state index contributed by atoms with van der Waals surface area (Å²) in [5.41, 5.74) is 1.26. The Morgan fingerprint density at radius 1 is 1.73 bits per heavy atom. The van der Waals surface area contributed by atoms with Crippen LogP contribution >= 0.6 is 0 Å². The fraction of sp³-hybridized carbons (Fsp3) is 0.600. The van der Waals surface area contributed by atoms with Gasteiger partial charge < -0.3 is 5.11 Å². The molecule has 1 rings (SSSR count). The third kappa shape index (κ3) is 3.25. The standard InChI is InChI=1S/C10H14O/c1-9(11)5-4-8-10-6-2-3-7-10/h6,9,11H,2-3,5,7H2,1H3. The van der Waals surface area contributed by atoms with Gasteiger partial charge in [-0.25, -0.2) is 0 Å². The molecule has 0 amide bonds. The first-order valence-corrected chi connectivity index (χ1v) is 4.15. The van der Waals surface area contributed by atoms with Crippen LogP contribution in [0.5, 0.6) is 0 Å². The van der Waals surface area contributed by atoms with Crippen LogP contribution in [0.4, 0.5) is 0 Å². The third-order valence-electron chi connectivity index (χ3n) is 1.69. The maximum absolute atomic E-state index is 8.90. The summed E-state index contributed by atoms with van der Waals surface area (Å²) >= 11 is 0. The van der Waals surface area contributed by atoms with E-state index in [9.17, 15) is 0 Å². The highest BCUT2D eigenvalue weighted by molar-refractivity contribution is 5.30. The fourth-order valence-electron chi connectivity index (χ4n) is 1.10. The zero-order valence-electron chi connectivity index (χ0n) is 6.93. The molecule has 0 saturated carbocycles. The van der Waals surface area contributed by atoms with Crippen molar-refractivity contribution in [1.82, 2.24) is 0 Å². The summed E-state index contributed by atoms with van der Waals surface area (Å²) in [6, 6.07) is 0. The van der Waals surface area contributed by atoms with E-state index >= 15 is 0 Å². The molecule has 1 atom stereocenters. The van der Waals surface area contributed by atoms with Crippen LogP contribution in [0, 0.1) is 11.8 Å². The first-order chi connectivity index (χ1) is 5.29. The maximum atomic E-state index is 8.90. The number of aliphatic hydroxyl groups is 1. The van der Waals surface area contributed by atoms with E-state index in [0.717, 1.165) is 6.42 Å². The second kappa shape index (κ2) is 4.20. The Labute approximate surface area is 68.1 Å². The minimum atomic E-state index is -0.287. The predicted octanol–water partition coefficient (Wildman–Crippen LogP) is 1.87. The first kappa shape index (κ1) is 8.36. The van der Waals surface area contributed by atoms with E-state index in [0.29, 0.717) is 6.42 Å². The van der Waals surface area contributed by atoms with Crippen molar-refractivity contribution in [2.45, 2.75) is 38.7 Å². The molecule has 60 valence electrons. The molecule has 1 heteroatoms. The highest BCUT2D eigenvalue weighted by Gasteiger charge is 1.99. The maximum Gasteiger partial charge on any atom is 0.0621 e. The molecule has 0 aromatic carbocycles. The molecule has 1 N–H and O–H groups in total. The zero-order valence-corrected chi connectivity index (χ0v) is 6.93. The Bertz CT molecular complexity index is 203. The summed E-state index contributed by atoms with van der Waals surface area (Å²) in [4.78, 5) is 0. The van der Waals surface area contributed by atoms with Gasteiger partial charge in [0.2, 0.25) is 0 Å². The van der Waals surface area contributed by atoms with Gasteiger partial charge in [0.25, 0.3) is 0 Å². The van der Waals surface area contributed by atoms with Crippen molar-refractivity contribution in [3.05, 3.63) is 11.6 Å². The SMILES string of the molecule is CC(O)CC#CC1=CCCC1. The molecule has 11 heavy (non-hydrogen) atoms. The smallest absolute Gasteiger partial charge is 0.0621 e. The van der Waals surface area contributed by atoms with E-state index in [1.54, 1.807) is 6.92 Å². The molecule has 1 nitrogen and oxygen atoms in total. The van der Waals surface area contributed by atoms with Crippen molar-refractivity contribution >= 4 is 0 Å². The fourth-order valence-corrected chi connectivity index (χ4v) is 1.10. The molecule has 0 saturated heterocycles. The summed E-state index contributed by atoms with van der Waals surface area (Å²) in [7, 11) is 0. The normalized spacial score (nSPS) is 18.5. The molecule has 1 aliphatic rings. The van der Waals surface area contributed by atoms with Gasteiger partial charge in [-0.3, -0.25) is 0 Å². The summed E-state index contributed by atoms with van der Waals surface area (Å²) in [5.74, 6) is 6.02. The second-order valence-electron chi connectivity index (χ2n) is 2.98. The number of allylic oxidation sites excluding steroid dienone is 2. The Morgan fingerprint density at radius 2 is 2.55 bits per heavy atom. The average molecular weight is 150 g/mol. The van der Waals surface area contributed by atoms with E-state index in [1.807, 2.05) is 0 Å². The van der Waals surface area contributed by atoms with Crippen LogP contribution in [0.1, 0.15) is 32.6 Å². The van der Waals surface area contributed by atoms with E-state index in [1.165, 1.54) is 18.4 Å². The van der Waals surface area contributed by atoms with E-state index in [4.69, 9.17) is 5.11 Å². The van der Waals surface area contributed by atoms with Crippen LogP contribution in [0.2, 0.25) is 0 Å². The van der Waals surface area contributed by atoms with Gasteiger partial charge in [0.1, 0.15) is 0 Å². The molecular formula is C10H14O. The lowest BCUT2D eigenvalue weighted by Gasteiger charge is -1.92. The molecule has 1 aliphatic carbocycles. The lowest BCUT2D eigenvalue weighted by molar-refractivity contribution is 0.201. The quantitative estimate of drug-likeness (QED) is 0.566. The molecule has 0 aromatic rings. The lowest BCUT2D eigenvalue weighted by atomic mass is 10.2. The zero-order chi connectivity index (χ0) is 8.10. The summed E-state index contributed by atoms with van der Waals surface area (Å²) < 4.78 is 0. The monoisotopic (exact) mass is 150 g/mol. The van der Waals surface area contributed by atoms with Crippen molar-refractivity contribution in [2.75, 3.05) is 0 Å². The van der Waals surface area contributed by atoms with Gasteiger partial charge in [0.15, 0.2) is 0 Å². The number of hydrogen-bond donors (Lipinski definition) is 1. The first-order valence-electron chi connectivity index (χ1n) is 4.15. The van der Waals surface area contributed by atoms with Crippen LogP contribution in [0.3, 0.4) is 0 Å². The molecule has 0 bridgehead atoms. The van der Waals surface area contributed by atoms with Crippen LogP contribution in [0.15, 0.2) is 11.6 Å². The Hall–Kier alpha value is -0.740. The minimum absolute atomic E-state index is 0.287. The van der Waals surface area contributed by atoms with E-state index in [-0.39, 0.29) is 6.10 Å². The van der Waals surface area contributed by atoms with Crippen LogP contribution in [0.25, 0.3) is 0 Å².